The predicted molar refractivity (Wildman–Crippen MR) is 123 cm³/mol. The Labute approximate surface area is 183 Å². The van der Waals surface area contributed by atoms with Crippen molar-refractivity contribution in [1.82, 2.24) is 15.0 Å². The molecule has 1 N–H and O–H groups in total. The predicted octanol–water partition coefficient (Wildman–Crippen LogP) is 5.19. The van der Waals surface area contributed by atoms with Crippen LogP contribution in [0.25, 0.3) is 16.7 Å². The fourth-order valence-electron chi connectivity index (χ4n) is 2.74. The van der Waals surface area contributed by atoms with Crippen LogP contribution in [0.5, 0.6) is 0 Å². The quantitative estimate of drug-likeness (QED) is 0.340. The largest absolute Gasteiger partial charge is 0.322 e. The molecule has 0 fully saturated rings. The molecule has 0 saturated heterocycles. The number of hydrogen-bond acceptors (Lipinski definition) is 3. The maximum absolute atomic E-state index is 12.7. The summed E-state index contributed by atoms with van der Waals surface area (Å²) in [7, 11) is 0. The minimum Gasteiger partial charge on any atom is -0.322 e. The average Bonchev–Trinajstić information content (AvgIpc) is 3.07. The molecule has 0 saturated carbocycles. The van der Waals surface area contributed by atoms with Crippen LogP contribution in [-0.4, -0.2) is 20.9 Å². The number of nitrogens with one attached hydrogen (secondary N) is 1. The molecule has 0 bridgehead atoms. The van der Waals surface area contributed by atoms with Crippen molar-refractivity contribution in [3.05, 3.63) is 78.9 Å². The van der Waals surface area contributed by atoms with Crippen molar-refractivity contribution in [1.29, 1.82) is 0 Å². The van der Waals surface area contributed by atoms with Gasteiger partial charge in [-0.1, -0.05) is 18.2 Å². The molecule has 7 heteroatoms. The zero-order valence-electron chi connectivity index (χ0n) is 14.3. The molecule has 0 atom stereocenters. The topological polar surface area (TPSA) is 59.8 Å². The molecule has 0 unspecified atom stereocenters. The Bertz CT molecular complexity index is 1160. The van der Waals surface area contributed by atoms with E-state index in [2.05, 4.69) is 60.7 Å². The number of aryl methyl sites for hydroxylation is 1. The van der Waals surface area contributed by atoms with Crippen LogP contribution in [0.3, 0.4) is 0 Å². The van der Waals surface area contributed by atoms with Gasteiger partial charge in [0, 0.05) is 12.8 Å². The number of hydrogen-bond donors (Lipinski definition) is 1. The number of nitrogens with zero attached hydrogens (tertiary/aromatic N) is 3. The third-order valence-corrected chi connectivity index (χ3v) is 5.75. The van der Waals surface area contributed by atoms with Crippen molar-refractivity contribution in [3.8, 4) is 5.69 Å². The highest BCUT2D eigenvalue weighted by Gasteiger charge is 2.14. The smallest absolute Gasteiger partial charge is 0.256 e. The molecule has 0 aliphatic heterocycles. The van der Waals surface area contributed by atoms with Gasteiger partial charge in [0.2, 0.25) is 0 Å². The number of fused-ring (bicyclic) bond motifs is 1. The molecule has 1 amide bonds. The maximum atomic E-state index is 12.7. The zero-order chi connectivity index (χ0) is 19.0. The number of para-hydroxylation sites is 1. The van der Waals surface area contributed by atoms with Crippen molar-refractivity contribution in [2.75, 3.05) is 5.32 Å². The molecule has 5 nitrogen and oxygen atoms in total. The fraction of sp³-hybridized carbons (Fsp3) is 0.0500. The van der Waals surface area contributed by atoms with E-state index >= 15 is 0 Å². The molecule has 1 aromatic heterocycles. The monoisotopic (exact) mass is 580 g/mol. The Morgan fingerprint density at radius 2 is 1.67 bits per heavy atom. The highest BCUT2D eigenvalue weighted by Crippen LogP contribution is 2.24. The van der Waals surface area contributed by atoms with Crippen LogP contribution in [0.15, 0.2) is 60.7 Å². The number of aromatic nitrogens is 3. The maximum Gasteiger partial charge on any atom is 0.256 e. The Hall–Kier alpha value is -2.01. The van der Waals surface area contributed by atoms with E-state index in [0.29, 0.717) is 5.56 Å². The SMILES string of the molecule is Cc1cc2nn(-c3ccccc3)nc2cc1NC(=O)c1cc(I)ccc1I. The summed E-state index contributed by atoms with van der Waals surface area (Å²) in [6.07, 6.45) is 0. The van der Waals surface area contributed by atoms with Crippen LogP contribution in [0.2, 0.25) is 0 Å². The summed E-state index contributed by atoms with van der Waals surface area (Å²) in [4.78, 5) is 14.4. The van der Waals surface area contributed by atoms with Crippen molar-refractivity contribution < 1.29 is 4.79 Å². The van der Waals surface area contributed by atoms with E-state index in [1.54, 1.807) is 4.80 Å². The Balaban J connectivity index is 1.69. The van der Waals surface area contributed by atoms with Gasteiger partial charge in [0.1, 0.15) is 11.0 Å². The first-order chi connectivity index (χ1) is 13.0. The minimum absolute atomic E-state index is 0.129. The number of halogens is 2. The van der Waals surface area contributed by atoms with Gasteiger partial charge in [0.25, 0.3) is 5.91 Å². The molecule has 4 aromatic rings. The molecular weight excluding hydrogens is 566 g/mol. The molecule has 0 aliphatic carbocycles. The number of carbonyl (C=O) groups excluding carboxylic acids is 1. The third-order valence-electron chi connectivity index (χ3n) is 4.13. The summed E-state index contributed by atoms with van der Waals surface area (Å²) in [6.45, 7) is 1.95. The molecule has 0 aliphatic rings. The second-order valence-corrected chi connectivity index (χ2v) is 8.47. The van der Waals surface area contributed by atoms with Gasteiger partial charge in [-0.2, -0.15) is 4.80 Å². The van der Waals surface area contributed by atoms with Crippen LogP contribution in [0.1, 0.15) is 15.9 Å². The lowest BCUT2D eigenvalue weighted by Gasteiger charge is -2.10. The number of benzene rings is 3. The number of rotatable bonds is 3. The minimum atomic E-state index is -0.129. The Morgan fingerprint density at radius 3 is 2.41 bits per heavy atom. The van der Waals surface area contributed by atoms with E-state index in [1.807, 2.05) is 67.6 Å². The summed E-state index contributed by atoms with van der Waals surface area (Å²) in [5.74, 6) is -0.129. The van der Waals surface area contributed by atoms with Crippen LogP contribution < -0.4 is 5.32 Å². The lowest BCUT2D eigenvalue weighted by atomic mass is 10.1. The molecule has 134 valence electrons. The van der Waals surface area contributed by atoms with Crippen molar-refractivity contribution in [2.45, 2.75) is 6.92 Å². The Kier molecular flexibility index (Phi) is 5.13. The third kappa shape index (κ3) is 3.84. The fourth-order valence-corrected chi connectivity index (χ4v) is 3.81. The lowest BCUT2D eigenvalue weighted by Crippen LogP contribution is -2.14. The normalized spacial score (nSPS) is 10.9. The summed E-state index contributed by atoms with van der Waals surface area (Å²) in [5, 5.41) is 12.1. The van der Waals surface area contributed by atoms with E-state index in [0.717, 1.165) is 35.1 Å². The van der Waals surface area contributed by atoms with Crippen molar-refractivity contribution in [3.63, 3.8) is 0 Å². The lowest BCUT2D eigenvalue weighted by molar-refractivity contribution is 0.102. The summed E-state index contributed by atoms with van der Waals surface area (Å²) in [5.41, 5.74) is 4.76. The van der Waals surface area contributed by atoms with Crippen molar-refractivity contribution in [2.24, 2.45) is 0 Å². The second-order valence-electron chi connectivity index (χ2n) is 6.06. The van der Waals surface area contributed by atoms with E-state index in [1.165, 1.54) is 0 Å². The highest BCUT2D eigenvalue weighted by molar-refractivity contribution is 14.1. The highest BCUT2D eigenvalue weighted by atomic mass is 127. The van der Waals surface area contributed by atoms with Gasteiger partial charge in [-0.25, -0.2) is 0 Å². The van der Waals surface area contributed by atoms with Gasteiger partial charge in [-0.05, 0) is 100 Å². The van der Waals surface area contributed by atoms with Crippen LogP contribution >= 0.6 is 45.2 Å². The van der Waals surface area contributed by atoms with E-state index < -0.39 is 0 Å². The first kappa shape index (κ1) is 18.4. The van der Waals surface area contributed by atoms with Gasteiger partial charge >= 0.3 is 0 Å². The summed E-state index contributed by atoms with van der Waals surface area (Å²) < 4.78 is 1.94. The molecule has 27 heavy (non-hydrogen) atoms. The average molecular weight is 580 g/mol. The number of anilines is 1. The van der Waals surface area contributed by atoms with E-state index in [9.17, 15) is 4.79 Å². The first-order valence-electron chi connectivity index (χ1n) is 8.21. The van der Waals surface area contributed by atoms with Gasteiger partial charge in [0.05, 0.1) is 11.3 Å². The van der Waals surface area contributed by atoms with Crippen LogP contribution in [-0.2, 0) is 0 Å². The van der Waals surface area contributed by atoms with E-state index in [4.69, 9.17) is 0 Å². The zero-order valence-corrected chi connectivity index (χ0v) is 18.6. The first-order valence-corrected chi connectivity index (χ1v) is 10.4. The van der Waals surface area contributed by atoms with Gasteiger partial charge < -0.3 is 5.32 Å². The standard InChI is InChI=1S/C20H14I2N4O/c1-12-9-18-19(25-26(24-18)14-5-3-2-4-6-14)11-17(12)23-20(27)15-10-13(21)7-8-16(15)22/h2-11H,1H3,(H,23,27). The molecule has 4 rings (SSSR count). The number of amides is 1. The van der Waals surface area contributed by atoms with Gasteiger partial charge in [-0.15, -0.1) is 10.2 Å². The van der Waals surface area contributed by atoms with Crippen molar-refractivity contribution >= 4 is 67.8 Å². The molecule has 3 aromatic carbocycles. The van der Waals surface area contributed by atoms with Crippen LogP contribution in [0.4, 0.5) is 5.69 Å². The molecule has 0 radical (unpaired) electrons. The second kappa shape index (κ2) is 7.55. The van der Waals surface area contributed by atoms with Gasteiger partial charge in [0.15, 0.2) is 0 Å². The molecular formula is C20H14I2N4O. The number of carbonyl (C=O) groups is 1. The van der Waals surface area contributed by atoms with Gasteiger partial charge in [-0.3, -0.25) is 4.79 Å². The molecule has 1 heterocycles. The summed E-state index contributed by atoms with van der Waals surface area (Å²) in [6, 6.07) is 19.4. The van der Waals surface area contributed by atoms with Crippen LogP contribution in [0, 0.1) is 14.1 Å². The van der Waals surface area contributed by atoms with E-state index in [-0.39, 0.29) is 5.91 Å². The molecule has 0 spiro atoms. The summed E-state index contributed by atoms with van der Waals surface area (Å²) >= 11 is 4.39. The Morgan fingerprint density at radius 1 is 0.963 bits per heavy atom.